The first-order chi connectivity index (χ1) is 15.1. The van der Waals surface area contributed by atoms with Gasteiger partial charge in [-0.05, 0) is 47.5 Å². The summed E-state index contributed by atoms with van der Waals surface area (Å²) in [4.78, 5) is 16.4. The van der Waals surface area contributed by atoms with Crippen LogP contribution in [-0.4, -0.2) is 20.6 Å². The lowest BCUT2D eigenvalue weighted by Crippen LogP contribution is -2.03. The Morgan fingerprint density at radius 2 is 1.32 bits per heavy atom. The molecule has 4 rings (SSSR count). The molecule has 31 heavy (non-hydrogen) atoms. The quantitative estimate of drug-likeness (QED) is 0.379. The van der Waals surface area contributed by atoms with Gasteiger partial charge in [0.2, 0.25) is 0 Å². The number of hydrogen-bond acceptors (Lipinski definition) is 2. The molecule has 1 N–H and O–H groups in total. The molecule has 4 aromatic rings. The molecule has 0 radical (unpaired) electrons. The molecule has 0 spiro atoms. The molecule has 3 aromatic carbocycles. The Bertz CT molecular complexity index is 1240. The standard InChI is InChI=1S/C26H19ClN2O2/c27-21-13-15-22(16-14-21)29-23(17-11-19-7-3-1-4-8-19)25(26(30)31)28-24(29)18-12-20-9-5-2-6-10-20/h1-18H,(H,30,31)/b17-11+,18-12+. The van der Waals surface area contributed by atoms with Crippen molar-refractivity contribution in [2.75, 3.05) is 0 Å². The van der Waals surface area contributed by atoms with Gasteiger partial charge in [0, 0.05) is 10.7 Å². The van der Waals surface area contributed by atoms with E-state index >= 15 is 0 Å². The van der Waals surface area contributed by atoms with E-state index in [0.29, 0.717) is 16.5 Å². The van der Waals surface area contributed by atoms with Crippen molar-refractivity contribution in [1.82, 2.24) is 9.55 Å². The number of aromatic nitrogens is 2. The number of halogens is 1. The second-order valence-corrected chi connectivity index (χ2v) is 7.25. The monoisotopic (exact) mass is 426 g/mol. The third-order valence-corrected chi connectivity index (χ3v) is 4.94. The van der Waals surface area contributed by atoms with Crippen LogP contribution in [0, 0.1) is 0 Å². The van der Waals surface area contributed by atoms with Gasteiger partial charge in [0.15, 0.2) is 5.69 Å². The number of hydrogen-bond donors (Lipinski definition) is 1. The fraction of sp³-hybridized carbons (Fsp3) is 0. The number of benzene rings is 3. The summed E-state index contributed by atoms with van der Waals surface area (Å²) < 4.78 is 1.82. The first-order valence-electron chi connectivity index (χ1n) is 9.70. The maximum Gasteiger partial charge on any atom is 0.356 e. The van der Waals surface area contributed by atoms with Gasteiger partial charge in [-0.1, -0.05) is 84.4 Å². The zero-order chi connectivity index (χ0) is 21.6. The second-order valence-electron chi connectivity index (χ2n) is 6.81. The summed E-state index contributed by atoms with van der Waals surface area (Å²) in [6.07, 6.45) is 7.38. The van der Waals surface area contributed by atoms with Crippen LogP contribution < -0.4 is 0 Å². The van der Waals surface area contributed by atoms with E-state index in [1.165, 1.54) is 0 Å². The van der Waals surface area contributed by atoms with E-state index < -0.39 is 5.97 Å². The Labute approximate surface area is 185 Å². The van der Waals surface area contributed by atoms with Gasteiger partial charge in [0.05, 0.1) is 5.69 Å². The van der Waals surface area contributed by atoms with Crippen LogP contribution in [0.4, 0.5) is 0 Å². The van der Waals surface area contributed by atoms with E-state index in [2.05, 4.69) is 4.98 Å². The third-order valence-electron chi connectivity index (χ3n) is 4.68. The van der Waals surface area contributed by atoms with Crippen LogP contribution in [0.2, 0.25) is 5.02 Å². The van der Waals surface area contributed by atoms with Gasteiger partial charge in [-0.3, -0.25) is 4.57 Å². The van der Waals surface area contributed by atoms with E-state index in [-0.39, 0.29) is 5.69 Å². The second kappa shape index (κ2) is 9.28. The van der Waals surface area contributed by atoms with Gasteiger partial charge < -0.3 is 5.11 Å². The van der Waals surface area contributed by atoms with Crippen molar-refractivity contribution in [3.8, 4) is 5.69 Å². The minimum atomic E-state index is -1.09. The van der Waals surface area contributed by atoms with Crippen molar-refractivity contribution in [3.05, 3.63) is 118 Å². The minimum absolute atomic E-state index is 0.0187. The van der Waals surface area contributed by atoms with E-state index in [1.807, 2.05) is 95.6 Å². The Hall–Kier alpha value is -3.89. The van der Waals surface area contributed by atoms with Crippen molar-refractivity contribution >= 4 is 41.9 Å². The van der Waals surface area contributed by atoms with Gasteiger partial charge in [0.25, 0.3) is 0 Å². The molecule has 0 amide bonds. The van der Waals surface area contributed by atoms with Crippen molar-refractivity contribution in [2.45, 2.75) is 0 Å². The maximum absolute atomic E-state index is 12.0. The van der Waals surface area contributed by atoms with Crippen molar-refractivity contribution in [3.63, 3.8) is 0 Å². The lowest BCUT2D eigenvalue weighted by Gasteiger charge is -2.09. The summed E-state index contributed by atoms with van der Waals surface area (Å²) in [6, 6.07) is 26.7. The molecule has 4 nitrogen and oxygen atoms in total. The molecule has 0 saturated carbocycles. The summed E-state index contributed by atoms with van der Waals surface area (Å²) in [6.45, 7) is 0. The average Bonchev–Trinajstić information content (AvgIpc) is 3.17. The number of carboxylic acids is 1. The molecule has 1 aromatic heterocycles. The van der Waals surface area contributed by atoms with E-state index in [0.717, 1.165) is 16.8 Å². The normalized spacial score (nSPS) is 11.4. The lowest BCUT2D eigenvalue weighted by atomic mass is 10.2. The van der Waals surface area contributed by atoms with E-state index in [1.54, 1.807) is 18.2 Å². The molecule has 0 atom stereocenters. The van der Waals surface area contributed by atoms with Crippen molar-refractivity contribution in [2.24, 2.45) is 0 Å². The fourth-order valence-corrected chi connectivity index (χ4v) is 3.34. The summed E-state index contributed by atoms with van der Waals surface area (Å²) >= 11 is 6.07. The summed E-state index contributed by atoms with van der Waals surface area (Å²) in [7, 11) is 0. The molecule has 0 aliphatic carbocycles. The van der Waals surface area contributed by atoms with Gasteiger partial charge in [0.1, 0.15) is 5.82 Å². The van der Waals surface area contributed by atoms with Crippen LogP contribution in [0.3, 0.4) is 0 Å². The predicted molar refractivity (Wildman–Crippen MR) is 126 cm³/mol. The number of carbonyl (C=O) groups is 1. The Kier molecular flexibility index (Phi) is 6.11. The summed E-state index contributed by atoms with van der Waals surface area (Å²) in [5, 5.41) is 10.4. The van der Waals surface area contributed by atoms with Crippen LogP contribution >= 0.6 is 11.6 Å². The predicted octanol–water partition coefficient (Wildman–Crippen LogP) is 6.56. The molecule has 0 aliphatic rings. The molecular formula is C26H19ClN2O2. The zero-order valence-corrected chi connectivity index (χ0v) is 17.3. The van der Waals surface area contributed by atoms with E-state index in [4.69, 9.17) is 11.6 Å². The van der Waals surface area contributed by atoms with Gasteiger partial charge in [-0.15, -0.1) is 0 Å². The first-order valence-corrected chi connectivity index (χ1v) is 10.1. The SMILES string of the molecule is O=C(O)c1nc(/C=C/c2ccccc2)n(-c2ccc(Cl)cc2)c1/C=C/c1ccccc1. The van der Waals surface area contributed by atoms with Gasteiger partial charge in [-0.2, -0.15) is 0 Å². The Morgan fingerprint density at radius 1 is 0.774 bits per heavy atom. The molecule has 0 aliphatic heterocycles. The highest BCUT2D eigenvalue weighted by Gasteiger charge is 2.20. The summed E-state index contributed by atoms with van der Waals surface area (Å²) in [5.41, 5.74) is 3.18. The average molecular weight is 427 g/mol. The number of carboxylic acid groups (broad SMARTS) is 1. The highest BCUT2D eigenvalue weighted by atomic mass is 35.5. The molecule has 0 saturated heterocycles. The zero-order valence-electron chi connectivity index (χ0n) is 16.5. The number of aromatic carboxylic acids is 1. The number of rotatable bonds is 6. The highest BCUT2D eigenvalue weighted by Crippen LogP contribution is 2.24. The third kappa shape index (κ3) is 4.82. The lowest BCUT2D eigenvalue weighted by molar-refractivity contribution is 0.0690. The fourth-order valence-electron chi connectivity index (χ4n) is 3.21. The van der Waals surface area contributed by atoms with Crippen LogP contribution in [0.15, 0.2) is 84.9 Å². The molecule has 152 valence electrons. The summed E-state index contributed by atoms with van der Waals surface area (Å²) in [5.74, 6) is -0.578. The molecular weight excluding hydrogens is 408 g/mol. The van der Waals surface area contributed by atoms with Gasteiger partial charge >= 0.3 is 5.97 Å². The molecule has 0 bridgehead atoms. The Balaban J connectivity index is 1.88. The van der Waals surface area contributed by atoms with Crippen LogP contribution in [0.5, 0.6) is 0 Å². The Morgan fingerprint density at radius 3 is 1.87 bits per heavy atom. The molecule has 5 heteroatoms. The molecule has 1 heterocycles. The largest absolute Gasteiger partial charge is 0.476 e. The highest BCUT2D eigenvalue weighted by molar-refractivity contribution is 6.30. The molecule has 0 unspecified atom stereocenters. The minimum Gasteiger partial charge on any atom is -0.476 e. The van der Waals surface area contributed by atoms with Crippen LogP contribution in [-0.2, 0) is 0 Å². The number of imidazole rings is 1. The van der Waals surface area contributed by atoms with Crippen molar-refractivity contribution in [1.29, 1.82) is 0 Å². The van der Waals surface area contributed by atoms with Crippen molar-refractivity contribution < 1.29 is 9.90 Å². The maximum atomic E-state index is 12.0. The van der Waals surface area contributed by atoms with E-state index in [9.17, 15) is 9.90 Å². The number of nitrogens with zero attached hydrogens (tertiary/aromatic N) is 2. The smallest absolute Gasteiger partial charge is 0.356 e. The van der Waals surface area contributed by atoms with Gasteiger partial charge in [-0.25, -0.2) is 9.78 Å². The van der Waals surface area contributed by atoms with Crippen LogP contribution in [0.1, 0.15) is 33.1 Å². The topological polar surface area (TPSA) is 55.1 Å². The van der Waals surface area contributed by atoms with Crippen LogP contribution in [0.25, 0.3) is 30.0 Å². The molecule has 0 fully saturated rings. The first kappa shape index (κ1) is 20.4.